The molecule has 2 rings (SSSR count). The van der Waals surface area contributed by atoms with Crippen LogP contribution >= 0.6 is 23.2 Å². The van der Waals surface area contributed by atoms with E-state index in [-0.39, 0.29) is 25.5 Å². The minimum Gasteiger partial charge on any atom is -0.491 e. The van der Waals surface area contributed by atoms with Crippen molar-refractivity contribution in [1.82, 2.24) is 0 Å². The number of halogens is 2. The first-order valence-corrected chi connectivity index (χ1v) is 7.41. The molecule has 0 fully saturated rings. The molecular formula is C16H15Cl2NO3. The maximum absolute atomic E-state index is 12.0. The summed E-state index contributed by atoms with van der Waals surface area (Å²) in [5, 5.41) is 12.5. The number of aliphatic hydroxyl groups excluding tert-OH is 1. The average molecular weight is 340 g/mol. The summed E-state index contributed by atoms with van der Waals surface area (Å²) in [7, 11) is 0. The molecule has 0 saturated carbocycles. The van der Waals surface area contributed by atoms with Gasteiger partial charge in [-0.2, -0.15) is 0 Å². The van der Waals surface area contributed by atoms with Gasteiger partial charge < -0.3 is 15.2 Å². The zero-order valence-electron chi connectivity index (χ0n) is 11.7. The number of carbonyl (C=O) groups excluding carboxylic acids is 1. The summed E-state index contributed by atoms with van der Waals surface area (Å²) in [6.07, 6.45) is 0.141. The zero-order chi connectivity index (χ0) is 15.9. The molecule has 0 saturated heterocycles. The number of benzene rings is 2. The van der Waals surface area contributed by atoms with Gasteiger partial charge >= 0.3 is 0 Å². The lowest BCUT2D eigenvalue weighted by Gasteiger charge is -2.08. The van der Waals surface area contributed by atoms with E-state index in [1.165, 1.54) is 0 Å². The number of carbonyl (C=O) groups is 1. The highest BCUT2D eigenvalue weighted by atomic mass is 35.5. The molecule has 0 atom stereocenters. The van der Waals surface area contributed by atoms with Crippen LogP contribution in [-0.2, 0) is 11.2 Å². The summed E-state index contributed by atoms with van der Waals surface area (Å²) in [6, 6.07) is 11.9. The molecule has 0 heterocycles. The highest BCUT2D eigenvalue weighted by Crippen LogP contribution is 2.22. The first-order valence-electron chi connectivity index (χ1n) is 6.66. The first kappa shape index (κ1) is 16.6. The smallest absolute Gasteiger partial charge is 0.228 e. The fourth-order valence-corrected chi connectivity index (χ4v) is 2.23. The Morgan fingerprint density at radius 3 is 2.55 bits per heavy atom. The van der Waals surface area contributed by atoms with E-state index in [9.17, 15) is 4.79 Å². The maximum Gasteiger partial charge on any atom is 0.228 e. The van der Waals surface area contributed by atoms with Crippen molar-refractivity contribution < 1.29 is 14.6 Å². The van der Waals surface area contributed by atoms with Crippen LogP contribution in [0.1, 0.15) is 5.56 Å². The molecule has 2 N–H and O–H groups in total. The number of amides is 1. The van der Waals surface area contributed by atoms with Gasteiger partial charge in [0.2, 0.25) is 5.91 Å². The van der Waals surface area contributed by atoms with E-state index >= 15 is 0 Å². The van der Waals surface area contributed by atoms with Crippen LogP contribution in [-0.4, -0.2) is 24.2 Å². The highest BCUT2D eigenvalue weighted by molar-refractivity contribution is 6.33. The molecule has 0 spiro atoms. The SMILES string of the molecule is O=C(Cc1cc(Cl)ccc1Cl)Nc1ccc(OCCO)cc1. The van der Waals surface area contributed by atoms with Crippen LogP contribution in [0.5, 0.6) is 5.75 Å². The van der Waals surface area contributed by atoms with Crippen LogP contribution in [0, 0.1) is 0 Å². The van der Waals surface area contributed by atoms with Crippen molar-refractivity contribution in [1.29, 1.82) is 0 Å². The maximum atomic E-state index is 12.0. The Kier molecular flexibility index (Phi) is 6.07. The van der Waals surface area contributed by atoms with E-state index in [0.717, 1.165) is 0 Å². The minimum absolute atomic E-state index is 0.0428. The van der Waals surface area contributed by atoms with E-state index in [0.29, 0.717) is 27.0 Å². The lowest BCUT2D eigenvalue weighted by molar-refractivity contribution is -0.115. The van der Waals surface area contributed by atoms with Gasteiger partial charge in [-0.25, -0.2) is 0 Å². The molecule has 0 radical (unpaired) electrons. The number of hydrogen-bond donors (Lipinski definition) is 2. The Balaban J connectivity index is 1.95. The Morgan fingerprint density at radius 1 is 1.14 bits per heavy atom. The van der Waals surface area contributed by atoms with Crippen LogP contribution in [0.15, 0.2) is 42.5 Å². The van der Waals surface area contributed by atoms with Gasteiger partial charge in [0.05, 0.1) is 13.0 Å². The quantitative estimate of drug-likeness (QED) is 0.846. The van der Waals surface area contributed by atoms with Crippen molar-refractivity contribution in [2.24, 2.45) is 0 Å². The van der Waals surface area contributed by atoms with Crippen LogP contribution in [0.2, 0.25) is 10.0 Å². The van der Waals surface area contributed by atoms with Gasteiger partial charge in [-0.05, 0) is 48.0 Å². The molecule has 0 bridgehead atoms. The van der Waals surface area contributed by atoms with Gasteiger partial charge in [-0.3, -0.25) is 4.79 Å². The fourth-order valence-electron chi connectivity index (χ4n) is 1.85. The third kappa shape index (κ3) is 4.91. The number of aliphatic hydroxyl groups is 1. The van der Waals surface area contributed by atoms with Crippen LogP contribution in [0.25, 0.3) is 0 Å². The van der Waals surface area contributed by atoms with E-state index in [1.54, 1.807) is 42.5 Å². The number of hydrogen-bond acceptors (Lipinski definition) is 3. The van der Waals surface area contributed by atoms with Crippen molar-refractivity contribution in [2.75, 3.05) is 18.5 Å². The van der Waals surface area contributed by atoms with Gasteiger partial charge in [-0.1, -0.05) is 23.2 Å². The molecule has 6 heteroatoms. The van der Waals surface area contributed by atoms with Gasteiger partial charge in [0, 0.05) is 15.7 Å². The van der Waals surface area contributed by atoms with Gasteiger partial charge in [-0.15, -0.1) is 0 Å². The molecule has 0 aromatic heterocycles. The van der Waals surface area contributed by atoms with Crippen LogP contribution in [0.4, 0.5) is 5.69 Å². The normalized spacial score (nSPS) is 10.3. The lowest BCUT2D eigenvalue weighted by atomic mass is 10.1. The monoisotopic (exact) mass is 339 g/mol. The van der Waals surface area contributed by atoms with Crippen molar-refractivity contribution in [2.45, 2.75) is 6.42 Å². The average Bonchev–Trinajstić information content (AvgIpc) is 2.50. The molecule has 2 aromatic rings. The molecule has 22 heavy (non-hydrogen) atoms. The largest absolute Gasteiger partial charge is 0.491 e. The molecule has 0 aliphatic rings. The second-order valence-electron chi connectivity index (χ2n) is 4.56. The molecule has 0 aliphatic carbocycles. The number of rotatable bonds is 6. The Morgan fingerprint density at radius 2 is 1.86 bits per heavy atom. The van der Waals surface area contributed by atoms with E-state index in [4.69, 9.17) is 33.0 Å². The van der Waals surface area contributed by atoms with E-state index in [2.05, 4.69) is 5.32 Å². The standard InChI is InChI=1S/C16H15Cl2NO3/c17-12-1-6-15(18)11(9-12)10-16(21)19-13-2-4-14(5-3-13)22-8-7-20/h1-6,9,20H,7-8,10H2,(H,19,21). The van der Waals surface area contributed by atoms with E-state index < -0.39 is 0 Å². The fraction of sp³-hybridized carbons (Fsp3) is 0.188. The number of ether oxygens (including phenoxy) is 1. The predicted molar refractivity (Wildman–Crippen MR) is 87.8 cm³/mol. The number of nitrogens with one attached hydrogen (secondary N) is 1. The minimum atomic E-state index is -0.187. The third-order valence-electron chi connectivity index (χ3n) is 2.86. The Labute approximate surface area is 138 Å². The predicted octanol–water partition coefficient (Wildman–Crippen LogP) is 3.55. The molecule has 2 aromatic carbocycles. The molecule has 116 valence electrons. The zero-order valence-corrected chi connectivity index (χ0v) is 13.2. The molecule has 1 amide bonds. The Bertz CT molecular complexity index is 644. The summed E-state index contributed by atoms with van der Waals surface area (Å²) >= 11 is 11.9. The summed E-state index contributed by atoms with van der Waals surface area (Å²) in [5.41, 5.74) is 1.33. The van der Waals surface area contributed by atoms with Crippen molar-refractivity contribution in [3.05, 3.63) is 58.1 Å². The summed E-state index contributed by atoms with van der Waals surface area (Å²) in [6.45, 7) is 0.192. The van der Waals surface area contributed by atoms with Crippen molar-refractivity contribution in [3.63, 3.8) is 0 Å². The first-order chi connectivity index (χ1) is 10.6. The van der Waals surface area contributed by atoms with Crippen molar-refractivity contribution >= 4 is 34.8 Å². The molecule has 4 nitrogen and oxygen atoms in total. The second kappa shape index (κ2) is 8.03. The number of anilines is 1. The van der Waals surface area contributed by atoms with Gasteiger partial charge in [0.1, 0.15) is 12.4 Å². The third-order valence-corrected chi connectivity index (χ3v) is 3.46. The summed E-state index contributed by atoms with van der Waals surface area (Å²) < 4.78 is 5.24. The van der Waals surface area contributed by atoms with Crippen LogP contribution in [0.3, 0.4) is 0 Å². The van der Waals surface area contributed by atoms with E-state index in [1.807, 2.05) is 0 Å². The van der Waals surface area contributed by atoms with Gasteiger partial charge in [0.25, 0.3) is 0 Å². The lowest BCUT2D eigenvalue weighted by Crippen LogP contribution is -2.14. The highest BCUT2D eigenvalue weighted by Gasteiger charge is 2.08. The summed E-state index contributed by atoms with van der Waals surface area (Å²) in [5.74, 6) is 0.443. The van der Waals surface area contributed by atoms with Crippen LogP contribution < -0.4 is 10.1 Å². The van der Waals surface area contributed by atoms with Crippen molar-refractivity contribution in [3.8, 4) is 5.75 Å². The Hall–Kier alpha value is -1.75. The van der Waals surface area contributed by atoms with Gasteiger partial charge in [0.15, 0.2) is 0 Å². The second-order valence-corrected chi connectivity index (χ2v) is 5.40. The summed E-state index contributed by atoms with van der Waals surface area (Å²) in [4.78, 5) is 12.0. The molecule has 0 aliphatic heterocycles. The molecular weight excluding hydrogens is 325 g/mol. The topological polar surface area (TPSA) is 58.6 Å². The molecule has 0 unspecified atom stereocenters.